The van der Waals surface area contributed by atoms with Gasteiger partial charge in [0.2, 0.25) is 0 Å². The summed E-state index contributed by atoms with van der Waals surface area (Å²) in [6.07, 6.45) is 2.73. The molecule has 0 aromatic heterocycles. The van der Waals surface area contributed by atoms with Crippen molar-refractivity contribution in [3.8, 4) is 0 Å². The van der Waals surface area contributed by atoms with Crippen LogP contribution in [0.1, 0.15) is 47.5 Å². The molecule has 0 spiro atoms. The van der Waals surface area contributed by atoms with Crippen molar-refractivity contribution in [1.82, 2.24) is 9.80 Å². The Morgan fingerprint density at radius 2 is 1.62 bits per heavy atom. The summed E-state index contributed by atoms with van der Waals surface area (Å²) in [5.41, 5.74) is 0. The molecule has 1 rings (SSSR count). The summed E-state index contributed by atoms with van der Waals surface area (Å²) in [4.78, 5) is 5.28. The fourth-order valence-corrected chi connectivity index (χ4v) is 2.72. The highest BCUT2D eigenvalue weighted by Crippen LogP contribution is 2.16. The summed E-state index contributed by atoms with van der Waals surface area (Å²) < 4.78 is 0. The molecule has 1 aliphatic heterocycles. The van der Waals surface area contributed by atoms with Gasteiger partial charge in [0, 0.05) is 25.2 Å². The minimum atomic E-state index is 0.736. The maximum atomic E-state index is 2.68. The van der Waals surface area contributed by atoms with Crippen LogP contribution >= 0.6 is 0 Å². The molecule has 1 fully saturated rings. The van der Waals surface area contributed by atoms with Crippen molar-refractivity contribution in [3.63, 3.8) is 0 Å². The minimum Gasteiger partial charge on any atom is -0.298 e. The number of hydrogen-bond acceptors (Lipinski definition) is 2. The maximum Gasteiger partial charge on any atom is 0.0195 e. The first kappa shape index (κ1) is 14.0. The lowest BCUT2D eigenvalue weighted by atomic mass is 10.1. The van der Waals surface area contributed by atoms with E-state index in [0.717, 1.165) is 18.0 Å². The fraction of sp³-hybridized carbons (Fsp3) is 1.00. The number of nitrogens with zero attached hydrogens (tertiary/aromatic N) is 2. The van der Waals surface area contributed by atoms with Gasteiger partial charge in [-0.05, 0) is 45.7 Å². The molecule has 0 bridgehead atoms. The van der Waals surface area contributed by atoms with Gasteiger partial charge in [0.25, 0.3) is 0 Å². The highest BCUT2D eigenvalue weighted by atomic mass is 15.3. The van der Waals surface area contributed by atoms with E-state index in [2.05, 4.69) is 44.4 Å². The van der Waals surface area contributed by atoms with Crippen molar-refractivity contribution in [1.29, 1.82) is 0 Å². The second kappa shape index (κ2) is 6.61. The topological polar surface area (TPSA) is 6.48 Å². The van der Waals surface area contributed by atoms with Gasteiger partial charge in [-0.3, -0.25) is 9.80 Å². The molecule has 2 atom stereocenters. The molecule has 1 aliphatic rings. The molecule has 0 unspecified atom stereocenters. The fourth-order valence-electron chi connectivity index (χ4n) is 2.72. The lowest BCUT2D eigenvalue weighted by Gasteiger charge is -2.44. The highest BCUT2D eigenvalue weighted by Gasteiger charge is 2.27. The molecule has 0 N–H and O–H groups in total. The van der Waals surface area contributed by atoms with Gasteiger partial charge in [0.15, 0.2) is 0 Å². The summed E-state index contributed by atoms with van der Waals surface area (Å²) >= 11 is 0. The third-order valence-corrected chi connectivity index (χ3v) is 3.88. The van der Waals surface area contributed by atoms with Crippen LogP contribution in [-0.4, -0.2) is 48.1 Å². The van der Waals surface area contributed by atoms with Crippen LogP contribution in [0, 0.1) is 5.92 Å². The van der Waals surface area contributed by atoms with E-state index in [-0.39, 0.29) is 0 Å². The zero-order valence-corrected chi connectivity index (χ0v) is 11.9. The monoisotopic (exact) mass is 226 g/mol. The van der Waals surface area contributed by atoms with Gasteiger partial charge in [-0.25, -0.2) is 0 Å². The van der Waals surface area contributed by atoms with Gasteiger partial charge in [-0.2, -0.15) is 0 Å². The Balaban J connectivity index is 2.32. The van der Waals surface area contributed by atoms with Crippen LogP contribution in [-0.2, 0) is 0 Å². The van der Waals surface area contributed by atoms with E-state index in [0.29, 0.717) is 0 Å². The summed E-state index contributed by atoms with van der Waals surface area (Å²) in [6.45, 7) is 16.7. The number of rotatable bonds is 5. The average Bonchev–Trinajstić information content (AvgIpc) is 2.22. The van der Waals surface area contributed by atoms with Crippen molar-refractivity contribution in [2.24, 2.45) is 5.92 Å². The molecule has 2 nitrogen and oxygen atoms in total. The quantitative estimate of drug-likeness (QED) is 0.711. The molecule has 0 radical (unpaired) electrons. The van der Waals surface area contributed by atoms with Gasteiger partial charge >= 0.3 is 0 Å². The van der Waals surface area contributed by atoms with Gasteiger partial charge < -0.3 is 0 Å². The SMILES string of the molecule is CCN1C[C@H](C)N(CCCC(C)C)C[C@@H]1C. The van der Waals surface area contributed by atoms with E-state index in [1.807, 2.05) is 0 Å². The summed E-state index contributed by atoms with van der Waals surface area (Å²) in [6, 6.07) is 1.48. The number of likely N-dealkylation sites (N-methyl/N-ethyl adjacent to an activating group) is 1. The predicted octanol–water partition coefficient (Wildman–Crippen LogP) is 2.84. The second-order valence-electron chi connectivity index (χ2n) is 5.82. The lowest BCUT2D eigenvalue weighted by molar-refractivity contribution is 0.0448. The first-order valence-electron chi connectivity index (χ1n) is 7.02. The molecule has 0 aromatic rings. The molecule has 96 valence electrons. The van der Waals surface area contributed by atoms with E-state index in [4.69, 9.17) is 0 Å². The van der Waals surface area contributed by atoms with Crippen molar-refractivity contribution in [2.75, 3.05) is 26.2 Å². The molecule has 16 heavy (non-hydrogen) atoms. The third-order valence-electron chi connectivity index (χ3n) is 3.88. The van der Waals surface area contributed by atoms with E-state index >= 15 is 0 Å². The Bertz CT molecular complexity index is 191. The van der Waals surface area contributed by atoms with Crippen molar-refractivity contribution >= 4 is 0 Å². The van der Waals surface area contributed by atoms with Gasteiger partial charge in [-0.15, -0.1) is 0 Å². The van der Waals surface area contributed by atoms with E-state index in [1.165, 1.54) is 39.0 Å². The van der Waals surface area contributed by atoms with Crippen molar-refractivity contribution < 1.29 is 0 Å². The third kappa shape index (κ3) is 4.06. The Labute approximate surface area is 102 Å². The number of hydrogen-bond donors (Lipinski definition) is 0. The Kier molecular flexibility index (Phi) is 5.77. The van der Waals surface area contributed by atoms with Crippen LogP contribution in [0.3, 0.4) is 0 Å². The van der Waals surface area contributed by atoms with Crippen molar-refractivity contribution in [2.45, 2.75) is 59.5 Å². The predicted molar refractivity (Wildman–Crippen MR) is 71.8 cm³/mol. The first-order chi connectivity index (χ1) is 7.54. The van der Waals surface area contributed by atoms with Crippen LogP contribution < -0.4 is 0 Å². The maximum absolute atomic E-state index is 2.68. The first-order valence-corrected chi connectivity index (χ1v) is 7.02. The minimum absolute atomic E-state index is 0.736. The average molecular weight is 226 g/mol. The summed E-state index contributed by atoms with van der Waals surface area (Å²) in [7, 11) is 0. The zero-order valence-electron chi connectivity index (χ0n) is 11.9. The Morgan fingerprint density at radius 3 is 2.19 bits per heavy atom. The number of piperazine rings is 1. The van der Waals surface area contributed by atoms with Gasteiger partial charge in [0.1, 0.15) is 0 Å². The molecule has 1 heterocycles. The Hall–Kier alpha value is -0.0800. The zero-order chi connectivity index (χ0) is 12.1. The highest BCUT2D eigenvalue weighted by molar-refractivity contribution is 4.83. The molecular weight excluding hydrogens is 196 g/mol. The van der Waals surface area contributed by atoms with Crippen LogP contribution in [0.15, 0.2) is 0 Å². The molecule has 0 saturated carbocycles. The molecule has 0 aliphatic carbocycles. The normalized spacial score (nSPS) is 28.9. The largest absolute Gasteiger partial charge is 0.298 e. The van der Waals surface area contributed by atoms with Crippen LogP contribution in [0.25, 0.3) is 0 Å². The van der Waals surface area contributed by atoms with E-state index in [9.17, 15) is 0 Å². The van der Waals surface area contributed by atoms with Gasteiger partial charge in [0.05, 0.1) is 0 Å². The molecule has 0 aromatic carbocycles. The smallest absolute Gasteiger partial charge is 0.0195 e. The second-order valence-corrected chi connectivity index (χ2v) is 5.82. The van der Waals surface area contributed by atoms with E-state index < -0.39 is 0 Å². The lowest BCUT2D eigenvalue weighted by Crippen LogP contribution is -2.56. The van der Waals surface area contributed by atoms with Gasteiger partial charge in [-0.1, -0.05) is 20.8 Å². The molecule has 1 saturated heterocycles. The molecule has 0 amide bonds. The van der Waals surface area contributed by atoms with Crippen molar-refractivity contribution in [3.05, 3.63) is 0 Å². The Morgan fingerprint density at radius 1 is 1.06 bits per heavy atom. The molecule has 2 heteroatoms. The van der Waals surface area contributed by atoms with Crippen LogP contribution in [0.5, 0.6) is 0 Å². The standard InChI is InChI=1S/C14H30N2/c1-6-15-10-14(5)16(11-13(15)4)9-7-8-12(2)3/h12-14H,6-11H2,1-5H3/t13-,14-/m0/s1. The van der Waals surface area contributed by atoms with Crippen LogP contribution in [0.2, 0.25) is 0 Å². The summed E-state index contributed by atoms with van der Waals surface area (Å²) in [5, 5.41) is 0. The molecular formula is C14H30N2. The van der Waals surface area contributed by atoms with Crippen LogP contribution in [0.4, 0.5) is 0 Å². The summed E-state index contributed by atoms with van der Waals surface area (Å²) in [5.74, 6) is 0.852. The van der Waals surface area contributed by atoms with E-state index in [1.54, 1.807) is 0 Å².